The molecule has 2 nitrogen and oxygen atoms in total. The molecule has 1 heterocycles. The summed E-state index contributed by atoms with van der Waals surface area (Å²) in [6.07, 6.45) is 1.43. The van der Waals surface area contributed by atoms with Crippen molar-refractivity contribution in [2.75, 3.05) is 0 Å². The Labute approximate surface area is 78.5 Å². The van der Waals surface area contributed by atoms with Gasteiger partial charge in [-0.25, -0.2) is 4.39 Å². The third-order valence-corrected chi connectivity index (χ3v) is 2.21. The summed E-state index contributed by atoms with van der Waals surface area (Å²) in [5.74, 6) is -0.619. The van der Waals surface area contributed by atoms with Gasteiger partial charge in [-0.2, -0.15) is 0 Å². The molecule has 2 rings (SSSR count). The molecule has 4 heteroatoms. The molecular formula is C9H6ClFO2. The van der Waals surface area contributed by atoms with Crippen molar-refractivity contribution in [3.05, 3.63) is 34.8 Å². The van der Waals surface area contributed by atoms with Gasteiger partial charge in [0.15, 0.2) is 11.4 Å². The van der Waals surface area contributed by atoms with Crippen LogP contribution in [0.3, 0.4) is 0 Å². The topological polar surface area (TPSA) is 33.4 Å². The monoisotopic (exact) mass is 200 g/mol. The molecule has 2 aromatic rings. The van der Waals surface area contributed by atoms with Crippen LogP contribution in [0.4, 0.5) is 4.39 Å². The van der Waals surface area contributed by atoms with E-state index >= 15 is 0 Å². The van der Waals surface area contributed by atoms with E-state index in [1.807, 2.05) is 0 Å². The van der Waals surface area contributed by atoms with Crippen molar-refractivity contribution in [2.24, 2.45) is 0 Å². The lowest BCUT2D eigenvalue weighted by Gasteiger charge is -2.01. The van der Waals surface area contributed by atoms with Crippen LogP contribution < -0.4 is 0 Å². The quantitative estimate of drug-likeness (QED) is 0.768. The molecule has 1 N–H and O–H groups in total. The normalized spacial score (nSPS) is 11.0. The van der Waals surface area contributed by atoms with Crippen LogP contribution in [0.25, 0.3) is 11.0 Å². The second-order valence-electron chi connectivity index (χ2n) is 2.66. The second kappa shape index (κ2) is 3.01. The van der Waals surface area contributed by atoms with E-state index in [2.05, 4.69) is 0 Å². The maximum atomic E-state index is 13.3. The van der Waals surface area contributed by atoms with Gasteiger partial charge in [-0.1, -0.05) is 11.6 Å². The standard InChI is InChI=1S/C9H6ClFO2/c10-7-8(11)6(4-12)3-5-1-2-13-9(5)7/h1-3,12H,4H2. The molecule has 13 heavy (non-hydrogen) atoms. The van der Waals surface area contributed by atoms with Gasteiger partial charge in [0, 0.05) is 10.9 Å². The van der Waals surface area contributed by atoms with Gasteiger partial charge in [0.1, 0.15) is 5.02 Å². The van der Waals surface area contributed by atoms with Crippen molar-refractivity contribution in [1.29, 1.82) is 0 Å². The van der Waals surface area contributed by atoms with Crippen LogP contribution in [0, 0.1) is 5.82 Å². The molecule has 0 bridgehead atoms. The smallest absolute Gasteiger partial charge is 0.155 e. The zero-order valence-electron chi connectivity index (χ0n) is 6.55. The van der Waals surface area contributed by atoms with E-state index in [-0.39, 0.29) is 17.2 Å². The summed E-state index contributed by atoms with van der Waals surface area (Å²) < 4.78 is 18.2. The highest BCUT2D eigenvalue weighted by atomic mass is 35.5. The lowest BCUT2D eigenvalue weighted by molar-refractivity contribution is 0.276. The van der Waals surface area contributed by atoms with Gasteiger partial charge in [-0.05, 0) is 12.1 Å². The van der Waals surface area contributed by atoms with Crippen molar-refractivity contribution in [3.63, 3.8) is 0 Å². The Bertz CT molecular complexity index is 450. The molecule has 68 valence electrons. The highest BCUT2D eigenvalue weighted by molar-refractivity contribution is 6.35. The second-order valence-corrected chi connectivity index (χ2v) is 3.04. The van der Waals surface area contributed by atoms with E-state index in [1.54, 1.807) is 6.07 Å². The van der Waals surface area contributed by atoms with Crippen molar-refractivity contribution >= 4 is 22.6 Å². The van der Waals surface area contributed by atoms with E-state index < -0.39 is 5.82 Å². The molecule has 1 aromatic carbocycles. The molecule has 0 radical (unpaired) electrons. The number of hydrogen-bond acceptors (Lipinski definition) is 2. The fourth-order valence-corrected chi connectivity index (χ4v) is 1.49. The Morgan fingerprint density at radius 3 is 3.00 bits per heavy atom. The first-order valence-electron chi connectivity index (χ1n) is 3.69. The molecule has 0 unspecified atom stereocenters. The van der Waals surface area contributed by atoms with E-state index in [1.165, 1.54) is 12.3 Å². The summed E-state index contributed by atoms with van der Waals surface area (Å²) in [5.41, 5.74) is 0.496. The molecule has 0 atom stereocenters. The third-order valence-electron chi connectivity index (χ3n) is 1.87. The lowest BCUT2D eigenvalue weighted by atomic mass is 10.1. The molecule has 0 spiro atoms. The van der Waals surface area contributed by atoms with Crippen LogP contribution in [0.5, 0.6) is 0 Å². The van der Waals surface area contributed by atoms with Crippen LogP contribution in [0.1, 0.15) is 5.56 Å². The number of rotatable bonds is 1. The Morgan fingerprint density at radius 1 is 1.54 bits per heavy atom. The SMILES string of the molecule is OCc1cc2ccoc2c(Cl)c1F. The number of halogens is 2. The number of benzene rings is 1. The fourth-order valence-electron chi connectivity index (χ4n) is 1.22. The van der Waals surface area contributed by atoms with Gasteiger partial charge in [-0.3, -0.25) is 0 Å². The molecule has 0 amide bonds. The summed E-state index contributed by atoms with van der Waals surface area (Å²) in [5, 5.41) is 9.42. The van der Waals surface area contributed by atoms with E-state index in [4.69, 9.17) is 21.1 Å². The maximum Gasteiger partial charge on any atom is 0.155 e. The van der Waals surface area contributed by atoms with Crippen molar-refractivity contribution < 1.29 is 13.9 Å². The molecule has 0 saturated carbocycles. The molecule has 0 aliphatic carbocycles. The predicted octanol–water partition coefficient (Wildman–Crippen LogP) is 2.72. The van der Waals surface area contributed by atoms with Crippen LogP contribution in [0.15, 0.2) is 22.8 Å². The van der Waals surface area contributed by atoms with Crippen LogP contribution in [0.2, 0.25) is 5.02 Å². The summed E-state index contributed by atoms with van der Waals surface area (Å²) in [4.78, 5) is 0. The van der Waals surface area contributed by atoms with Gasteiger partial charge in [-0.15, -0.1) is 0 Å². The molecule has 0 fully saturated rings. The Kier molecular flexibility index (Phi) is 1.98. The number of aliphatic hydroxyl groups is 1. The van der Waals surface area contributed by atoms with E-state index in [0.717, 1.165) is 0 Å². The maximum absolute atomic E-state index is 13.3. The average molecular weight is 201 g/mol. The summed E-state index contributed by atoms with van der Waals surface area (Å²) in [6.45, 7) is -0.368. The lowest BCUT2D eigenvalue weighted by Crippen LogP contribution is -1.90. The highest BCUT2D eigenvalue weighted by Gasteiger charge is 2.12. The fraction of sp³-hybridized carbons (Fsp3) is 0.111. The Morgan fingerprint density at radius 2 is 2.31 bits per heavy atom. The third kappa shape index (κ3) is 1.20. The van der Waals surface area contributed by atoms with Crippen LogP contribution >= 0.6 is 11.6 Å². The first-order valence-corrected chi connectivity index (χ1v) is 4.06. The van der Waals surface area contributed by atoms with E-state index in [0.29, 0.717) is 11.0 Å². The minimum atomic E-state index is -0.619. The van der Waals surface area contributed by atoms with Crippen molar-refractivity contribution in [3.8, 4) is 0 Å². The number of furan rings is 1. The minimum absolute atomic E-state index is 0.0773. The van der Waals surface area contributed by atoms with Crippen LogP contribution in [-0.4, -0.2) is 5.11 Å². The zero-order valence-corrected chi connectivity index (χ0v) is 7.31. The van der Waals surface area contributed by atoms with Gasteiger partial charge in [0.2, 0.25) is 0 Å². The van der Waals surface area contributed by atoms with Gasteiger partial charge in [0.05, 0.1) is 12.9 Å². The van der Waals surface area contributed by atoms with E-state index in [9.17, 15) is 4.39 Å². The summed E-state index contributed by atoms with van der Waals surface area (Å²) in [6, 6.07) is 3.18. The first kappa shape index (κ1) is 8.53. The highest BCUT2D eigenvalue weighted by Crippen LogP contribution is 2.29. The summed E-state index contributed by atoms with van der Waals surface area (Å²) >= 11 is 5.67. The average Bonchev–Trinajstić information content (AvgIpc) is 2.59. The molecule has 0 saturated heterocycles. The van der Waals surface area contributed by atoms with Gasteiger partial charge < -0.3 is 9.52 Å². The minimum Gasteiger partial charge on any atom is -0.463 e. The Hall–Kier alpha value is -1.06. The molecule has 1 aromatic heterocycles. The number of fused-ring (bicyclic) bond motifs is 1. The van der Waals surface area contributed by atoms with Gasteiger partial charge in [0.25, 0.3) is 0 Å². The molecular weight excluding hydrogens is 195 g/mol. The number of aliphatic hydroxyl groups excluding tert-OH is 1. The largest absolute Gasteiger partial charge is 0.463 e. The molecule has 0 aliphatic heterocycles. The van der Waals surface area contributed by atoms with Crippen LogP contribution in [-0.2, 0) is 6.61 Å². The molecule has 0 aliphatic rings. The Balaban J connectivity index is 2.83. The number of hydrogen-bond donors (Lipinski definition) is 1. The van der Waals surface area contributed by atoms with Gasteiger partial charge >= 0.3 is 0 Å². The predicted molar refractivity (Wildman–Crippen MR) is 47.1 cm³/mol. The zero-order chi connectivity index (χ0) is 9.42. The summed E-state index contributed by atoms with van der Waals surface area (Å²) in [7, 11) is 0. The van der Waals surface area contributed by atoms with Crippen molar-refractivity contribution in [1.82, 2.24) is 0 Å². The van der Waals surface area contributed by atoms with Crippen molar-refractivity contribution in [2.45, 2.75) is 6.61 Å². The first-order chi connectivity index (χ1) is 6.24.